The zero-order chi connectivity index (χ0) is 12.7. The fraction of sp³-hybridized carbons (Fsp3) is 0.250. The normalized spacial score (nSPS) is 13.0. The number of hydrogen-bond acceptors (Lipinski definition) is 5. The number of anilines is 1. The second-order valence-corrected chi connectivity index (χ2v) is 4.32. The van der Waals surface area contributed by atoms with Crippen molar-refractivity contribution in [1.29, 1.82) is 0 Å². The predicted molar refractivity (Wildman–Crippen MR) is 66.9 cm³/mol. The van der Waals surface area contributed by atoms with Gasteiger partial charge in [0.15, 0.2) is 11.5 Å². The van der Waals surface area contributed by atoms with Crippen LogP contribution in [-0.4, -0.2) is 11.9 Å². The highest BCUT2D eigenvalue weighted by Gasteiger charge is 2.25. The van der Waals surface area contributed by atoms with Gasteiger partial charge in [0, 0.05) is 17.2 Å². The Morgan fingerprint density at radius 3 is 2.78 bits per heavy atom. The van der Waals surface area contributed by atoms with Crippen LogP contribution in [0, 0.1) is 0 Å². The zero-order valence-corrected chi connectivity index (χ0v) is 10.5. The molecule has 3 rings (SSSR count). The van der Waals surface area contributed by atoms with E-state index in [0.29, 0.717) is 22.2 Å². The lowest BCUT2D eigenvalue weighted by atomic mass is 10.0. The Kier molecular flexibility index (Phi) is 2.56. The van der Waals surface area contributed by atoms with Gasteiger partial charge in [-0.05, 0) is 12.5 Å². The molecule has 0 atom stereocenters. The second-order valence-electron chi connectivity index (χ2n) is 3.92. The molecule has 2 aromatic rings. The van der Waals surface area contributed by atoms with Crippen molar-refractivity contribution in [3.63, 3.8) is 0 Å². The molecule has 0 fully saturated rings. The van der Waals surface area contributed by atoms with Gasteiger partial charge in [-0.2, -0.15) is 0 Å². The Morgan fingerprint density at radius 1 is 1.33 bits per heavy atom. The summed E-state index contributed by atoms with van der Waals surface area (Å²) in [5.74, 6) is 1.54. The van der Waals surface area contributed by atoms with E-state index in [1.165, 1.54) is 0 Å². The first-order valence-electron chi connectivity index (χ1n) is 5.54. The summed E-state index contributed by atoms with van der Waals surface area (Å²) in [6.45, 7) is 2.21. The van der Waals surface area contributed by atoms with Crippen molar-refractivity contribution in [3.8, 4) is 22.8 Å². The monoisotopic (exact) mass is 266 g/mol. The van der Waals surface area contributed by atoms with Crippen LogP contribution >= 0.6 is 11.6 Å². The number of fused-ring (bicyclic) bond motifs is 1. The van der Waals surface area contributed by atoms with Crippen molar-refractivity contribution in [1.82, 2.24) is 5.16 Å². The number of benzene rings is 1. The van der Waals surface area contributed by atoms with E-state index in [-0.39, 0.29) is 12.7 Å². The van der Waals surface area contributed by atoms with Gasteiger partial charge in [0.2, 0.25) is 12.7 Å². The van der Waals surface area contributed by atoms with E-state index in [0.717, 1.165) is 17.5 Å². The van der Waals surface area contributed by atoms with Gasteiger partial charge < -0.3 is 19.7 Å². The first-order valence-corrected chi connectivity index (χ1v) is 5.92. The minimum atomic E-state index is 0.187. The molecule has 2 heterocycles. The molecule has 0 aliphatic carbocycles. The Morgan fingerprint density at radius 2 is 2.11 bits per heavy atom. The fourth-order valence-electron chi connectivity index (χ4n) is 2.08. The van der Waals surface area contributed by atoms with Crippen LogP contribution in [-0.2, 0) is 6.42 Å². The molecule has 2 N–H and O–H groups in total. The Balaban J connectivity index is 2.23. The molecule has 5 nitrogen and oxygen atoms in total. The average molecular weight is 267 g/mol. The van der Waals surface area contributed by atoms with Crippen molar-refractivity contribution in [2.75, 3.05) is 12.5 Å². The van der Waals surface area contributed by atoms with Crippen LogP contribution in [0.3, 0.4) is 0 Å². The summed E-state index contributed by atoms with van der Waals surface area (Å²) >= 11 is 6.17. The largest absolute Gasteiger partial charge is 0.453 e. The third-order valence-corrected chi connectivity index (χ3v) is 3.14. The van der Waals surface area contributed by atoms with Crippen molar-refractivity contribution in [2.45, 2.75) is 13.3 Å². The number of nitrogen functional groups attached to an aromatic ring is 1. The van der Waals surface area contributed by atoms with Crippen LogP contribution in [0.15, 0.2) is 16.7 Å². The lowest BCUT2D eigenvalue weighted by Gasteiger charge is -2.09. The van der Waals surface area contributed by atoms with Gasteiger partial charge in [-0.1, -0.05) is 23.7 Å². The van der Waals surface area contributed by atoms with Crippen LogP contribution in [0.1, 0.15) is 12.5 Å². The molecule has 1 aliphatic heterocycles. The Bertz CT molecular complexity index is 610. The van der Waals surface area contributed by atoms with Crippen LogP contribution in [0.5, 0.6) is 11.5 Å². The maximum absolute atomic E-state index is 6.17. The molecule has 0 amide bonds. The maximum atomic E-state index is 6.17. The summed E-state index contributed by atoms with van der Waals surface area (Å²) in [4.78, 5) is 0. The number of halogens is 1. The first kappa shape index (κ1) is 11.2. The molecule has 6 heteroatoms. The SMILES string of the molecule is CCc1c(-c2cc(N)on2)cc(Cl)c2c1OCO2. The highest BCUT2D eigenvalue weighted by Crippen LogP contribution is 2.46. The minimum absolute atomic E-state index is 0.187. The standard InChI is InChI=1S/C12H11ClN2O3/c1-2-6-7(9-4-10(14)18-15-9)3-8(13)12-11(6)16-5-17-12/h3-4H,2,5,14H2,1H3. The maximum Gasteiger partial charge on any atom is 0.231 e. The van der Waals surface area contributed by atoms with Gasteiger partial charge in [0.25, 0.3) is 0 Å². The van der Waals surface area contributed by atoms with Crippen molar-refractivity contribution in [2.24, 2.45) is 0 Å². The average Bonchev–Trinajstić information content (AvgIpc) is 2.97. The minimum Gasteiger partial charge on any atom is -0.453 e. The van der Waals surface area contributed by atoms with E-state index in [1.807, 2.05) is 6.92 Å². The number of ether oxygens (including phenoxy) is 2. The summed E-state index contributed by atoms with van der Waals surface area (Å²) in [5, 5.41) is 4.40. The second kappa shape index (κ2) is 4.10. The third-order valence-electron chi connectivity index (χ3n) is 2.86. The van der Waals surface area contributed by atoms with Gasteiger partial charge in [-0.3, -0.25) is 0 Å². The Labute approximate surface area is 108 Å². The molecule has 0 saturated carbocycles. The van der Waals surface area contributed by atoms with Crippen molar-refractivity contribution in [3.05, 3.63) is 22.7 Å². The van der Waals surface area contributed by atoms with Gasteiger partial charge >= 0.3 is 0 Å². The third kappa shape index (κ3) is 1.59. The van der Waals surface area contributed by atoms with Gasteiger partial charge in [0.05, 0.1) is 5.02 Å². The smallest absolute Gasteiger partial charge is 0.231 e. The van der Waals surface area contributed by atoms with Crippen LogP contribution in [0.4, 0.5) is 5.88 Å². The molecule has 94 valence electrons. The molecule has 1 aromatic heterocycles. The lowest BCUT2D eigenvalue weighted by molar-refractivity contribution is 0.173. The van der Waals surface area contributed by atoms with Crippen molar-refractivity contribution >= 4 is 17.5 Å². The summed E-state index contributed by atoms with van der Waals surface area (Å²) in [5.41, 5.74) is 8.02. The Hall–Kier alpha value is -1.88. The number of rotatable bonds is 2. The lowest BCUT2D eigenvalue weighted by Crippen LogP contribution is -1.95. The van der Waals surface area contributed by atoms with Crippen LogP contribution in [0.2, 0.25) is 5.02 Å². The highest BCUT2D eigenvalue weighted by molar-refractivity contribution is 6.32. The summed E-state index contributed by atoms with van der Waals surface area (Å²) in [7, 11) is 0. The number of nitrogens with two attached hydrogens (primary N) is 1. The molecule has 0 spiro atoms. The number of nitrogens with zero attached hydrogens (tertiary/aromatic N) is 1. The summed E-state index contributed by atoms with van der Waals surface area (Å²) < 4.78 is 15.7. The van der Waals surface area contributed by atoms with E-state index in [2.05, 4.69) is 5.16 Å². The topological polar surface area (TPSA) is 70.5 Å². The molecule has 0 unspecified atom stereocenters. The van der Waals surface area contributed by atoms with E-state index in [4.69, 9.17) is 31.3 Å². The van der Waals surface area contributed by atoms with Crippen molar-refractivity contribution < 1.29 is 14.0 Å². The molecule has 0 radical (unpaired) electrons. The van der Waals surface area contributed by atoms with E-state index in [1.54, 1.807) is 12.1 Å². The number of hydrogen-bond donors (Lipinski definition) is 1. The molecular formula is C12H11ClN2O3. The van der Waals surface area contributed by atoms with E-state index >= 15 is 0 Å². The van der Waals surface area contributed by atoms with Crippen LogP contribution < -0.4 is 15.2 Å². The van der Waals surface area contributed by atoms with E-state index < -0.39 is 0 Å². The van der Waals surface area contributed by atoms with E-state index in [9.17, 15) is 0 Å². The highest BCUT2D eigenvalue weighted by atomic mass is 35.5. The predicted octanol–water partition coefficient (Wildman–Crippen LogP) is 2.87. The van der Waals surface area contributed by atoms with Gasteiger partial charge in [-0.25, -0.2) is 0 Å². The molecule has 0 saturated heterocycles. The summed E-state index contributed by atoms with van der Waals surface area (Å²) in [6.07, 6.45) is 0.769. The fourth-order valence-corrected chi connectivity index (χ4v) is 2.33. The van der Waals surface area contributed by atoms with Gasteiger partial charge in [0.1, 0.15) is 5.69 Å². The first-order chi connectivity index (χ1) is 8.70. The van der Waals surface area contributed by atoms with Gasteiger partial charge in [-0.15, -0.1) is 0 Å². The molecular weight excluding hydrogens is 256 g/mol. The zero-order valence-electron chi connectivity index (χ0n) is 9.70. The molecule has 18 heavy (non-hydrogen) atoms. The quantitative estimate of drug-likeness (QED) is 0.905. The number of aromatic nitrogens is 1. The molecule has 0 bridgehead atoms. The van der Waals surface area contributed by atoms with Crippen LogP contribution in [0.25, 0.3) is 11.3 Å². The molecule has 1 aliphatic rings. The summed E-state index contributed by atoms with van der Waals surface area (Å²) in [6, 6.07) is 3.46. The molecule has 1 aromatic carbocycles.